The Morgan fingerprint density at radius 1 is 1.00 bits per heavy atom. The zero-order valence-electron chi connectivity index (χ0n) is 17.2. The summed E-state index contributed by atoms with van der Waals surface area (Å²) in [4.78, 5) is 19.8. The van der Waals surface area contributed by atoms with Crippen molar-refractivity contribution in [2.24, 2.45) is 0 Å². The van der Waals surface area contributed by atoms with Gasteiger partial charge in [-0.25, -0.2) is 14.5 Å². The molecule has 0 saturated carbocycles. The number of benzene rings is 2. The van der Waals surface area contributed by atoms with Gasteiger partial charge in [0.1, 0.15) is 5.58 Å². The van der Waals surface area contributed by atoms with Crippen LogP contribution in [0.3, 0.4) is 0 Å². The quantitative estimate of drug-likeness (QED) is 0.320. The summed E-state index contributed by atoms with van der Waals surface area (Å²) in [6.07, 6.45) is 1.79. The number of rotatable bonds is 4. The van der Waals surface area contributed by atoms with Crippen LogP contribution in [0.15, 0.2) is 63.9 Å². The van der Waals surface area contributed by atoms with Crippen LogP contribution < -0.4 is 10.5 Å². The first-order valence-electron chi connectivity index (χ1n) is 10.2. The van der Waals surface area contributed by atoms with Crippen LogP contribution in [0, 0.1) is 6.92 Å². The maximum absolute atomic E-state index is 12.9. The highest BCUT2D eigenvalue weighted by Crippen LogP contribution is 2.33. The van der Waals surface area contributed by atoms with Crippen LogP contribution >= 0.6 is 0 Å². The van der Waals surface area contributed by atoms with Crippen LogP contribution in [-0.4, -0.2) is 27.9 Å². The van der Waals surface area contributed by atoms with Gasteiger partial charge in [-0.3, -0.25) is 0 Å². The van der Waals surface area contributed by atoms with Crippen molar-refractivity contribution < 1.29 is 4.42 Å². The molecule has 0 bridgehead atoms. The maximum atomic E-state index is 12.9. The summed E-state index contributed by atoms with van der Waals surface area (Å²) in [6.45, 7) is 7.84. The van der Waals surface area contributed by atoms with Gasteiger partial charge in [-0.15, -0.1) is 0 Å². The number of hydrogen-bond acceptors (Lipinski definition) is 5. The maximum Gasteiger partial charge on any atom is 0.346 e. The highest BCUT2D eigenvalue weighted by atomic mass is 16.4. The van der Waals surface area contributed by atoms with Crippen molar-refractivity contribution >= 4 is 38.5 Å². The molecule has 30 heavy (non-hydrogen) atoms. The van der Waals surface area contributed by atoms with Crippen molar-refractivity contribution in [3.8, 4) is 5.69 Å². The first kappa shape index (κ1) is 18.4. The lowest BCUT2D eigenvalue weighted by molar-refractivity contribution is 0.569. The number of hydrogen-bond donors (Lipinski definition) is 0. The summed E-state index contributed by atoms with van der Waals surface area (Å²) in [5.41, 5.74) is 3.54. The Hall–Kier alpha value is -3.67. The van der Waals surface area contributed by atoms with Gasteiger partial charge in [-0.05, 0) is 45.0 Å². The van der Waals surface area contributed by atoms with Crippen molar-refractivity contribution in [1.82, 2.24) is 14.8 Å². The predicted molar refractivity (Wildman–Crippen MR) is 121 cm³/mol. The molecular weight excluding hydrogens is 376 g/mol. The molecule has 6 nitrogen and oxygen atoms in total. The lowest BCUT2D eigenvalue weighted by Crippen LogP contribution is -2.21. The predicted octanol–water partition coefficient (Wildman–Crippen LogP) is 4.83. The number of nitrogens with zero attached hydrogens (tertiary/aromatic N) is 4. The van der Waals surface area contributed by atoms with E-state index in [1.54, 1.807) is 6.20 Å². The molecule has 6 heteroatoms. The highest BCUT2D eigenvalue weighted by Gasteiger charge is 2.18. The molecule has 0 N–H and O–H groups in total. The highest BCUT2D eigenvalue weighted by molar-refractivity contribution is 6.18. The van der Waals surface area contributed by atoms with Crippen LogP contribution in [-0.2, 0) is 0 Å². The SMILES string of the molecule is CCN(CC)c1ccc2c(c1)oc(=O)c1c(C)nc3c(cnn3-c3ccccc3)c12. The average molecular weight is 398 g/mol. The van der Waals surface area contributed by atoms with Crippen molar-refractivity contribution in [3.05, 3.63) is 70.8 Å². The third-order valence-corrected chi connectivity index (χ3v) is 5.67. The molecule has 5 rings (SSSR count). The normalized spacial score (nSPS) is 11.6. The Kier molecular flexibility index (Phi) is 4.28. The van der Waals surface area contributed by atoms with Gasteiger partial charge in [0.2, 0.25) is 0 Å². The minimum atomic E-state index is -0.367. The molecule has 2 aromatic carbocycles. The van der Waals surface area contributed by atoms with E-state index in [0.717, 1.165) is 46.3 Å². The second-order valence-corrected chi connectivity index (χ2v) is 7.32. The minimum Gasteiger partial charge on any atom is -0.422 e. The van der Waals surface area contributed by atoms with E-state index in [1.165, 1.54) is 0 Å². The lowest BCUT2D eigenvalue weighted by Gasteiger charge is -2.21. The Morgan fingerprint density at radius 2 is 1.77 bits per heavy atom. The molecular formula is C24H22N4O2. The van der Waals surface area contributed by atoms with Crippen LogP contribution in [0.1, 0.15) is 19.5 Å². The van der Waals surface area contributed by atoms with Gasteiger partial charge < -0.3 is 9.32 Å². The van der Waals surface area contributed by atoms with Gasteiger partial charge in [0.05, 0.1) is 23.0 Å². The fraction of sp³-hybridized carbons (Fsp3) is 0.208. The number of fused-ring (bicyclic) bond motifs is 5. The van der Waals surface area contributed by atoms with E-state index in [0.29, 0.717) is 16.7 Å². The van der Waals surface area contributed by atoms with Gasteiger partial charge in [0, 0.05) is 41.0 Å². The van der Waals surface area contributed by atoms with Gasteiger partial charge in [-0.2, -0.15) is 5.10 Å². The number of anilines is 1. The van der Waals surface area contributed by atoms with Crippen molar-refractivity contribution in [3.63, 3.8) is 0 Å². The van der Waals surface area contributed by atoms with E-state index in [1.807, 2.05) is 54.1 Å². The second-order valence-electron chi connectivity index (χ2n) is 7.32. The monoisotopic (exact) mass is 398 g/mol. The Labute approximate surface area is 173 Å². The average Bonchev–Trinajstić information content (AvgIpc) is 3.18. The van der Waals surface area contributed by atoms with E-state index >= 15 is 0 Å². The molecule has 5 aromatic rings. The largest absolute Gasteiger partial charge is 0.422 e. The first-order chi connectivity index (χ1) is 14.6. The number of aromatic nitrogens is 3. The standard InChI is InChI=1S/C24H22N4O2/c1-4-27(5-2)17-11-12-18-20(13-17)30-24(29)21-15(3)26-23-19(22(18)21)14-25-28(23)16-9-7-6-8-10-16/h6-14H,4-5H2,1-3H3. The van der Waals surface area contributed by atoms with Crippen LogP contribution in [0.25, 0.3) is 38.5 Å². The molecule has 0 saturated heterocycles. The number of para-hydroxylation sites is 1. The van der Waals surface area contributed by atoms with Gasteiger partial charge in [0.15, 0.2) is 5.65 Å². The van der Waals surface area contributed by atoms with Gasteiger partial charge in [-0.1, -0.05) is 18.2 Å². The van der Waals surface area contributed by atoms with E-state index in [4.69, 9.17) is 9.40 Å². The molecule has 0 aliphatic rings. The fourth-order valence-electron chi connectivity index (χ4n) is 4.18. The van der Waals surface area contributed by atoms with Crippen LogP contribution in [0.5, 0.6) is 0 Å². The molecule has 0 spiro atoms. The molecule has 0 amide bonds. The zero-order chi connectivity index (χ0) is 20.8. The van der Waals surface area contributed by atoms with E-state index in [2.05, 4.69) is 29.9 Å². The first-order valence-corrected chi connectivity index (χ1v) is 10.2. The summed E-state index contributed by atoms with van der Waals surface area (Å²) in [5, 5.41) is 7.67. The Balaban J connectivity index is 1.88. The summed E-state index contributed by atoms with van der Waals surface area (Å²) < 4.78 is 7.54. The molecule has 0 fully saturated rings. The molecule has 0 atom stereocenters. The second kappa shape index (κ2) is 6.99. The Bertz CT molecular complexity index is 1450. The molecule has 150 valence electrons. The summed E-state index contributed by atoms with van der Waals surface area (Å²) >= 11 is 0. The van der Waals surface area contributed by atoms with Crippen molar-refractivity contribution in [2.45, 2.75) is 20.8 Å². The zero-order valence-corrected chi connectivity index (χ0v) is 17.2. The number of aryl methyl sites for hydroxylation is 1. The third kappa shape index (κ3) is 2.68. The van der Waals surface area contributed by atoms with E-state index < -0.39 is 0 Å². The van der Waals surface area contributed by atoms with Crippen LogP contribution in [0.2, 0.25) is 0 Å². The van der Waals surface area contributed by atoms with Crippen molar-refractivity contribution in [2.75, 3.05) is 18.0 Å². The Morgan fingerprint density at radius 3 is 2.50 bits per heavy atom. The summed E-state index contributed by atoms with van der Waals surface area (Å²) in [7, 11) is 0. The lowest BCUT2D eigenvalue weighted by atomic mass is 10.0. The summed E-state index contributed by atoms with van der Waals surface area (Å²) in [6, 6.07) is 15.9. The van der Waals surface area contributed by atoms with E-state index in [9.17, 15) is 4.79 Å². The molecule has 3 aromatic heterocycles. The fourth-order valence-corrected chi connectivity index (χ4v) is 4.18. The summed E-state index contributed by atoms with van der Waals surface area (Å²) in [5.74, 6) is 0. The molecule has 0 aliphatic carbocycles. The van der Waals surface area contributed by atoms with Gasteiger partial charge >= 0.3 is 5.63 Å². The topological polar surface area (TPSA) is 64.2 Å². The molecule has 3 heterocycles. The van der Waals surface area contributed by atoms with Crippen LogP contribution in [0.4, 0.5) is 5.69 Å². The van der Waals surface area contributed by atoms with E-state index in [-0.39, 0.29) is 5.63 Å². The molecule has 0 unspecified atom stereocenters. The van der Waals surface area contributed by atoms with Gasteiger partial charge in [0.25, 0.3) is 0 Å². The minimum absolute atomic E-state index is 0.367. The third-order valence-electron chi connectivity index (χ3n) is 5.67. The molecule has 0 aliphatic heterocycles. The van der Waals surface area contributed by atoms with Crippen molar-refractivity contribution in [1.29, 1.82) is 0 Å². The number of pyridine rings is 1. The molecule has 0 radical (unpaired) electrons. The smallest absolute Gasteiger partial charge is 0.346 e.